The van der Waals surface area contributed by atoms with E-state index in [-0.39, 0.29) is 6.04 Å². The highest BCUT2D eigenvalue weighted by Gasteiger charge is 2.33. The Morgan fingerprint density at radius 1 is 1.35 bits per heavy atom. The Balaban J connectivity index is 1.79. The smallest absolute Gasteiger partial charge is 0.346 e. The third-order valence-electron chi connectivity index (χ3n) is 3.81. The predicted molar refractivity (Wildman–Crippen MR) is 88.1 cm³/mol. The van der Waals surface area contributed by atoms with Gasteiger partial charge < -0.3 is 5.32 Å². The standard InChI is InChI=1S/C16H16F4N4OS/c1-9(14(25)21-8-16(18,19)20)26-15-23-22-13(24(15)10-6-7-10)11-4-2-3-5-12(11)17/h2-5,9-10H,6-8H2,1H3,(H,21,25). The van der Waals surface area contributed by atoms with Crippen molar-refractivity contribution in [2.45, 2.75) is 42.4 Å². The molecule has 1 saturated carbocycles. The number of hydrogen-bond donors (Lipinski definition) is 1. The van der Waals surface area contributed by atoms with Gasteiger partial charge in [-0.25, -0.2) is 4.39 Å². The van der Waals surface area contributed by atoms with Gasteiger partial charge in [0.15, 0.2) is 11.0 Å². The number of nitrogens with zero attached hydrogens (tertiary/aromatic N) is 3. The van der Waals surface area contributed by atoms with Crippen molar-refractivity contribution < 1.29 is 22.4 Å². The molecule has 0 radical (unpaired) electrons. The van der Waals surface area contributed by atoms with Gasteiger partial charge in [-0.05, 0) is 31.9 Å². The number of thioether (sulfide) groups is 1. The molecule has 1 N–H and O–H groups in total. The first kappa shape index (κ1) is 18.7. The molecule has 140 valence electrons. The fraction of sp³-hybridized carbons (Fsp3) is 0.438. The summed E-state index contributed by atoms with van der Waals surface area (Å²) >= 11 is 1.01. The fourth-order valence-electron chi connectivity index (χ4n) is 2.39. The van der Waals surface area contributed by atoms with Crippen LogP contribution < -0.4 is 5.32 Å². The third kappa shape index (κ3) is 4.35. The Morgan fingerprint density at radius 2 is 2.04 bits per heavy atom. The van der Waals surface area contributed by atoms with Crippen LogP contribution in [0.1, 0.15) is 25.8 Å². The van der Waals surface area contributed by atoms with Gasteiger partial charge in [-0.3, -0.25) is 9.36 Å². The van der Waals surface area contributed by atoms with E-state index in [2.05, 4.69) is 10.2 Å². The fourth-order valence-corrected chi connectivity index (χ4v) is 3.33. The Kier molecular flexibility index (Phi) is 5.22. The van der Waals surface area contributed by atoms with E-state index in [1.807, 2.05) is 5.32 Å². The van der Waals surface area contributed by atoms with Gasteiger partial charge in [-0.2, -0.15) is 13.2 Å². The van der Waals surface area contributed by atoms with Crippen molar-refractivity contribution in [3.63, 3.8) is 0 Å². The average molecular weight is 388 g/mol. The van der Waals surface area contributed by atoms with Crippen LogP contribution in [-0.2, 0) is 4.79 Å². The summed E-state index contributed by atoms with van der Waals surface area (Å²) in [5, 5.41) is 9.52. The minimum Gasteiger partial charge on any atom is -0.346 e. The first-order valence-electron chi connectivity index (χ1n) is 7.97. The topological polar surface area (TPSA) is 59.8 Å². The van der Waals surface area contributed by atoms with E-state index in [9.17, 15) is 22.4 Å². The maximum atomic E-state index is 14.1. The van der Waals surface area contributed by atoms with Crippen molar-refractivity contribution in [3.05, 3.63) is 30.1 Å². The van der Waals surface area contributed by atoms with Crippen LogP contribution in [-0.4, -0.2) is 38.6 Å². The number of aromatic nitrogens is 3. The Hall–Kier alpha value is -2.10. The van der Waals surface area contributed by atoms with Gasteiger partial charge in [0.1, 0.15) is 12.4 Å². The molecule has 3 rings (SSSR count). The summed E-state index contributed by atoms with van der Waals surface area (Å²) in [5.74, 6) is -0.824. The summed E-state index contributed by atoms with van der Waals surface area (Å²) in [6.45, 7) is 0.109. The summed E-state index contributed by atoms with van der Waals surface area (Å²) in [5.41, 5.74) is 0.299. The average Bonchev–Trinajstić information content (AvgIpc) is 3.33. The van der Waals surface area contributed by atoms with Crippen LogP contribution in [0.5, 0.6) is 0 Å². The van der Waals surface area contributed by atoms with Gasteiger partial charge >= 0.3 is 6.18 Å². The molecule has 5 nitrogen and oxygen atoms in total. The molecule has 2 aromatic rings. The number of rotatable bonds is 6. The second-order valence-electron chi connectivity index (χ2n) is 5.98. The molecule has 0 spiro atoms. The highest BCUT2D eigenvalue weighted by atomic mass is 32.2. The molecule has 1 aliphatic carbocycles. The highest BCUT2D eigenvalue weighted by Crippen LogP contribution is 2.42. The summed E-state index contributed by atoms with van der Waals surface area (Å²) < 4.78 is 52.5. The molecular weight excluding hydrogens is 372 g/mol. The SMILES string of the molecule is CC(Sc1nnc(-c2ccccc2F)n1C1CC1)C(=O)NCC(F)(F)F. The van der Waals surface area contributed by atoms with Crippen molar-refractivity contribution >= 4 is 17.7 Å². The number of benzene rings is 1. The zero-order chi connectivity index (χ0) is 18.9. The summed E-state index contributed by atoms with van der Waals surface area (Å²) in [4.78, 5) is 11.9. The maximum absolute atomic E-state index is 14.1. The molecule has 1 atom stereocenters. The van der Waals surface area contributed by atoms with E-state index < -0.39 is 29.7 Å². The van der Waals surface area contributed by atoms with Crippen LogP contribution in [0.25, 0.3) is 11.4 Å². The Morgan fingerprint density at radius 3 is 2.65 bits per heavy atom. The van der Waals surface area contributed by atoms with E-state index >= 15 is 0 Å². The van der Waals surface area contributed by atoms with Crippen LogP contribution in [0.15, 0.2) is 29.4 Å². The van der Waals surface area contributed by atoms with E-state index in [4.69, 9.17) is 0 Å². The van der Waals surface area contributed by atoms with E-state index in [1.54, 1.807) is 22.8 Å². The number of carbonyl (C=O) groups is 1. The third-order valence-corrected chi connectivity index (χ3v) is 4.86. The monoisotopic (exact) mass is 388 g/mol. The molecule has 0 bridgehead atoms. The lowest BCUT2D eigenvalue weighted by molar-refractivity contribution is -0.137. The molecular formula is C16H16F4N4OS. The number of carbonyl (C=O) groups excluding carboxylic acids is 1. The zero-order valence-electron chi connectivity index (χ0n) is 13.8. The normalized spacial score (nSPS) is 15.7. The van der Waals surface area contributed by atoms with Crippen LogP contribution in [0.4, 0.5) is 17.6 Å². The minimum absolute atomic E-state index is 0.104. The second kappa shape index (κ2) is 7.26. The van der Waals surface area contributed by atoms with E-state index in [1.165, 1.54) is 13.0 Å². The summed E-state index contributed by atoms with van der Waals surface area (Å²) in [6, 6.07) is 6.27. The summed E-state index contributed by atoms with van der Waals surface area (Å²) in [6.07, 6.45) is -2.71. The predicted octanol–water partition coefficient (Wildman–Crippen LogP) is 3.58. The van der Waals surface area contributed by atoms with Crippen molar-refractivity contribution in [2.75, 3.05) is 6.54 Å². The Labute approximate surface area is 151 Å². The van der Waals surface area contributed by atoms with Crippen molar-refractivity contribution in [1.82, 2.24) is 20.1 Å². The first-order valence-corrected chi connectivity index (χ1v) is 8.85. The molecule has 1 unspecified atom stereocenters. The lowest BCUT2D eigenvalue weighted by Gasteiger charge is -2.14. The number of amides is 1. The Bertz CT molecular complexity index is 804. The molecule has 1 heterocycles. The van der Waals surface area contributed by atoms with Crippen LogP contribution >= 0.6 is 11.8 Å². The van der Waals surface area contributed by atoms with E-state index in [0.29, 0.717) is 16.5 Å². The first-order chi connectivity index (χ1) is 12.3. The molecule has 0 saturated heterocycles. The maximum Gasteiger partial charge on any atom is 0.405 e. The van der Waals surface area contributed by atoms with Gasteiger partial charge in [0.2, 0.25) is 5.91 Å². The van der Waals surface area contributed by atoms with Crippen LogP contribution in [0.3, 0.4) is 0 Å². The molecule has 1 amide bonds. The number of alkyl halides is 3. The van der Waals surface area contributed by atoms with Crippen LogP contribution in [0, 0.1) is 5.82 Å². The molecule has 26 heavy (non-hydrogen) atoms. The molecule has 10 heteroatoms. The van der Waals surface area contributed by atoms with Crippen LogP contribution in [0.2, 0.25) is 0 Å². The highest BCUT2D eigenvalue weighted by molar-refractivity contribution is 8.00. The number of nitrogens with one attached hydrogen (secondary N) is 1. The van der Waals surface area contributed by atoms with Crippen molar-refractivity contribution in [1.29, 1.82) is 0 Å². The lowest BCUT2D eigenvalue weighted by Crippen LogP contribution is -2.38. The van der Waals surface area contributed by atoms with Gasteiger partial charge in [0, 0.05) is 6.04 Å². The minimum atomic E-state index is -4.47. The van der Waals surface area contributed by atoms with Gasteiger partial charge in [0.05, 0.1) is 10.8 Å². The number of hydrogen-bond acceptors (Lipinski definition) is 4. The van der Waals surface area contributed by atoms with Gasteiger partial charge in [-0.15, -0.1) is 10.2 Å². The zero-order valence-corrected chi connectivity index (χ0v) is 14.6. The van der Waals surface area contributed by atoms with E-state index in [0.717, 1.165) is 24.6 Å². The molecule has 1 aromatic heterocycles. The van der Waals surface area contributed by atoms with Gasteiger partial charge in [-0.1, -0.05) is 23.9 Å². The largest absolute Gasteiger partial charge is 0.405 e. The number of halogens is 4. The molecule has 1 aliphatic rings. The lowest BCUT2D eigenvalue weighted by atomic mass is 10.2. The molecule has 0 aliphatic heterocycles. The summed E-state index contributed by atoms with van der Waals surface area (Å²) in [7, 11) is 0. The van der Waals surface area contributed by atoms with Crippen molar-refractivity contribution in [3.8, 4) is 11.4 Å². The molecule has 1 fully saturated rings. The quantitative estimate of drug-likeness (QED) is 0.607. The van der Waals surface area contributed by atoms with Gasteiger partial charge in [0.25, 0.3) is 0 Å². The second-order valence-corrected chi connectivity index (χ2v) is 7.29. The molecule has 1 aromatic carbocycles. The van der Waals surface area contributed by atoms with Crippen molar-refractivity contribution in [2.24, 2.45) is 0 Å².